The molecule has 0 amide bonds. The highest BCUT2D eigenvalue weighted by Gasteiger charge is 2.18. The minimum Gasteiger partial charge on any atom is -0.373 e. The van der Waals surface area contributed by atoms with Crippen LogP contribution in [0.5, 0.6) is 0 Å². The first-order valence-electron chi connectivity index (χ1n) is 9.16. The number of carbonyl (C=O) groups is 1. The van der Waals surface area contributed by atoms with Crippen molar-refractivity contribution >= 4 is 40.8 Å². The molecule has 0 saturated carbocycles. The van der Waals surface area contributed by atoms with Crippen molar-refractivity contribution in [2.75, 3.05) is 17.1 Å². The molecule has 2 N–H and O–H groups in total. The molecular weight excluding hydrogens is 404 g/mol. The third kappa shape index (κ3) is 5.28. The summed E-state index contributed by atoms with van der Waals surface area (Å²) in [6.07, 6.45) is 1.46. The Kier molecular flexibility index (Phi) is 6.45. The van der Waals surface area contributed by atoms with Crippen LogP contribution in [0.25, 0.3) is 0 Å². The van der Waals surface area contributed by atoms with Gasteiger partial charge in [0.05, 0.1) is 10.7 Å². The van der Waals surface area contributed by atoms with E-state index in [0.29, 0.717) is 22.2 Å². The van der Waals surface area contributed by atoms with E-state index in [4.69, 9.17) is 11.6 Å². The van der Waals surface area contributed by atoms with E-state index >= 15 is 0 Å². The maximum Gasteiger partial charge on any atom is 0.231 e. The Labute approximate surface area is 180 Å². The van der Waals surface area contributed by atoms with E-state index in [1.807, 2.05) is 0 Å². The van der Waals surface area contributed by atoms with Gasteiger partial charge in [-0.15, -0.1) is 0 Å². The normalized spacial score (nSPS) is 11.2. The lowest BCUT2D eigenvalue weighted by Crippen LogP contribution is -2.11. The topological polar surface area (TPSA) is 66.9 Å². The number of pyridine rings is 2. The van der Waals surface area contributed by atoms with Gasteiger partial charge in [0.15, 0.2) is 0 Å². The van der Waals surface area contributed by atoms with Gasteiger partial charge in [-0.05, 0) is 53.3 Å². The Balaban J connectivity index is 1.82. The van der Waals surface area contributed by atoms with Crippen LogP contribution in [0.15, 0.2) is 59.6 Å². The minimum atomic E-state index is -0.273. The molecule has 0 bridgehead atoms. The first-order valence-corrected chi connectivity index (χ1v) is 10.4. The van der Waals surface area contributed by atoms with Crippen molar-refractivity contribution in [3.05, 3.63) is 76.7 Å². The minimum absolute atomic E-state index is 0.0992. The first-order chi connectivity index (χ1) is 13.8. The van der Waals surface area contributed by atoms with Gasteiger partial charge in [0.2, 0.25) is 5.78 Å². The van der Waals surface area contributed by atoms with Crippen molar-refractivity contribution in [3.63, 3.8) is 0 Å². The molecule has 5 nitrogen and oxygen atoms in total. The van der Waals surface area contributed by atoms with Crippen LogP contribution in [0.4, 0.5) is 11.5 Å². The fourth-order valence-corrected chi connectivity index (χ4v) is 3.47. The number of rotatable bonds is 6. The quantitative estimate of drug-likeness (QED) is 0.382. The SMILES string of the molecule is CNc1cccc(C(=O)c2ncc(Cl)cc2NSc2ccc(C(C)(C)C)cc2)n1. The Bertz CT molecular complexity index is 1020. The molecule has 2 heterocycles. The van der Waals surface area contributed by atoms with E-state index in [9.17, 15) is 4.79 Å². The van der Waals surface area contributed by atoms with Gasteiger partial charge >= 0.3 is 0 Å². The van der Waals surface area contributed by atoms with E-state index in [1.54, 1.807) is 31.3 Å². The van der Waals surface area contributed by atoms with Crippen LogP contribution in [0.3, 0.4) is 0 Å². The summed E-state index contributed by atoms with van der Waals surface area (Å²) in [6.45, 7) is 6.54. The summed E-state index contributed by atoms with van der Waals surface area (Å²) in [6, 6.07) is 15.3. The van der Waals surface area contributed by atoms with E-state index in [0.717, 1.165) is 4.90 Å². The van der Waals surface area contributed by atoms with Gasteiger partial charge in [0.1, 0.15) is 17.2 Å². The largest absolute Gasteiger partial charge is 0.373 e. The highest BCUT2D eigenvalue weighted by molar-refractivity contribution is 8.00. The molecule has 0 aliphatic rings. The molecule has 1 aromatic carbocycles. The van der Waals surface area contributed by atoms with Gasteiger partial charge < -0.3 is 10.0 Å². The highest BCUT2D eigenvalue weighted by Crippen LogP contribution is 2.29. The standard InChI is InChI=1S/C22H23ClN4OS/c1-22(2,3)14-8-10-16(11-9-14)29-27-18-12-15(23)13-25-20(18)21(28)17-6-5-7-19(24-4)26-17/h5-13,27H,1-4H3,(H,24,26). The van der Waals surface area contributed by atoms with Gasteiger partial charge in [0.25, 0.3) is 0 Å². The molecule has 0 saturated heterocycles. The number of hydrogen-bond donors (Lipinski definition) is 2. The Morgan fingerprint density at radius 3 is 2.48 bits per heavy atom. The monoisotopic (exact) mass is 426 g/mol. The molecule has 0 radical (unpaired) electrons. The van der Waals surface area contributed by atoms with E-state index in [1.165, 1.54) is 23.7 Å². The number of halogens is 1. The summed E-state index contributed by atoms with van der Waals surface area (Å²) >= 11 is 7.52. The third-order valence-corrected chi connectivity index (χ3v) is 5.34. The van der Waals surface area contributed by atoms with E-state index in [2.05, 4.69) is 65.0 Å². The number of benzene rings is 1. The van der Waals surface area contributed by atoms with Crippen LogP contribution in [0.1, 0.15) is 42.5 Å². The number of anilines is 2. The van der Waals surface area contributed by atoms with Gasteiger partial charge in [0, 0.05) is 18.1 Å². The van der Waals surface area contributed by atoms with E-state index in [-0.39, 0.29) is 16.9 Å². The zero-order chi connectivity index (χ0) is 21.0. The van der Waals surface area contributed by atoms with Crippen LogP contribution in [0.2, 0.25) is 5.02 Å². The van der Waals surface area contributed by atoms with Crippen LogP contribution in [0, 0.1) is 0 Å². The molecule has 3 aromatic rings. The van der Waals surface area contributed by atoms with Gasteiger partial charge in [-0.1, -0.05) is 50.6 Å². The van der Waals surface area contributed by atoms with Gasteiger partial charge in [-0.25, -0.2) is 9.97 Å². The van der Waals surface area contributed by atoms with Crippen molar-refractivity contribution in [1.29, 1.82) is 0 Å². The fraction of sp³-hybridized carbons (Fsp3) is 0.227. The molecule has 2 aromatic heterocycles. The van der Waals surface area contributed by atoms with Crippen molar-refractivity contribution in [1.82, 2.24) is 9.97 Å². The highest BCUT2D eigenvalue weighted by atomic mass is 35.5. The summed E-state index contributed by atoms with van der Waals surface area (Å²) in [5.41, 5.74) is 2.49. The molecule has 3 rings (SSSR count). The average Bonchev–Trinajstić information content (AvgIpc) is 2.71. The van der Waals surface area contributed by atoms with Crippen molar-refractivity contribution in [2.24, 2.45) is 0 Å². The number of nitrogens with zero attached hydrogens (tertiary/aromatic N) is 2. The van der Waals surface area contributed by atoms with Crippen LogP contribution < -0.4 is 10.0 Å². The molecular formula is C22H23ClN4OS. The maximum atomic E-state index is 13.0. The second kappa shape index (κ2) is 8.84. The van der Waals surface area contributed by atoms with Crippen molar-refractivity contribution in [2.45, 2.75) is 31.1 Å². The van der Waals surface area contributed by atoms with Gasteiger partial charge in [-0.2, -0.15) is 0 Å². The molecule has 0 spiro atoms. The lowest BCUT2D eigenvalue weighted by atomic mass is 9.87. The lowest BCUT2D eigenvalue weighted by molar-refractivity contribution is 0.103. The molecule has 0 aliphatic carbocycles. The molecule has 0 unspecified atom stereocenters. The molecule has 0 atom stereocenters. The summed E-state index contributed by atoms with van der Waals surface area (Å²) in [7, 11) is 1.76. The molecule has 0 aliphatic heterocycles. The molecule has 150 valence electrons. The second-order valence-corrected chi connectivity index (χ2v) is 8.83. The number of hydrogen-bond acceptors (Lipinski definition) is 6. The fourth-order valence-electron chi connectivity index (χ4n) is 2.66. The second-order valence-electron chi connectivity index (χ2n) is 7.52. The zero-order valence-corrected chi connectivity index (χ0v) is 18.4. The Hall–Kier alpha value is -2.57. The van der Waals surface area contributed by atoms with Crippen molar-refractivity contribution in [3.8, 4) is 0 Å². The predicted octanol–water partition coefficient (Wildman–Crippen LogP) is 5.82. The first kappa shape index (κ1) is 21.1. The number of nitrogens with one attached hydrogen (secondary N) is 2. The van der Waals surface area contributed by atoms with Crippen molar-refractivity contribution < 1.29 is 4.79 Å². The third-order valence-electron chi connectivity index (χ3n) is 4.31. The lowest BCUT2D eigenvalue weighted by Gasteiger charge is -2.19. The maximum absolute atomic E-state index is 13.0. The zero-order valence-electron chi connectivity index (χ0n) is 16.8. The summed E-state index contributed by atoms with van der Waals surface area (Å²) in [5.74, 6) is 0.345. The Morgan fingerprint density at radius 2 is 1.83 bits per heavy atom. The predicted molar refractivity (Wildman–Crippen MR) is 121 cm³/mol. The summed E-state index contributed by atoms with van der Waals surface area (Å²) < 4.78 is 3.21. The van der Waals surface area contributed by atoms with Crippen LogP contribution in [-0.4, -0.2) is 22.8 Å². The van der Waals surface area contributed by atoms with Gasteiger partial charge in [-0.3, -0.25) is 4.79 Å². The molecule has 29 heavy (non-hydrogen) atoms. The smallest absolute Gasteiger partial charge is 0.231 e. The average molecular weight is 427 g/mol. The van der Waals surface area contributed by atoms with E-state index < -0.39 is 0 Å². The Morgan fingerprint density at radius 1 is 1.10 bits per heavy atom. The number of aromatic nitrogens is 2. The van der Waals surface area contributed by atoms with Crippen LogP contribution >= 0.6 is 23.5 Å². The molecule has 7 heteroatoms. The number of ketones is 1. The summed E-state index contributed by atoms with van der Waals surface area (Å²) in [5, 5.41) is 3.38. The summed E-state index contributed by atoms with van der Waals surface area (Å²) in [4.78, 5) is 22.6. The molecule has 0 fully saturated rings. The number of carbonyl (C=O) groups excluding carboxylic acids is 1. The van der Waals surface area contributed by atoms with Crippen LogP contribution in [-0.2, 0) is 5.41 Å².